The van der Waals surface area contributed by atoms with Gasteiger partial charge in [0.1, 0.15) is 0 Å². The van der Waals surface area contributed by atoms with E-state index in [1.165, 1.54) is 5.56 Å². The summed E-state index contributed by atoms with van der Waals surface area (Å²) in [5, 5.41) is 1.07. The molecule has 0 radical (unpaired) electrons. The van der Waals surface area contributed by atoms with Gasteiger partial charge in [-0.15, -0.1) is 0 Å². The molecule has 0 bridgehead atoms. The van der Waals surface area contributed by atoms with Crippen molar-refractivity contribution in [2.24, 2.45) is 0 Å². The third-order valence-electron chi connectivity index (χ3n) is 4.07. The number of nitrogens with zero attached hydrogens (tertiary/aromatic N) is 2. The van der Waals surface area contributed by atoms with Gasteiger partial charge < -0.3 is 5.73 Å². The molecule has 0 amide bonds. The number of hydrogen-bond donors (Lipinski definition) is 1. The predicted octanol–water partition coefficient (Wildman–Crippen LogP) is 4.85. The molecule has 0 aliphatic heterocycles. The summed E-state index contributed by atoms with van der Waals surface area (Å²) in [6.45, 7) is 2.09. The number of aromatic nitrogens is 2. The first-order valence-corrected chi connectivity index (χ1v) is 7.90. The van der Waals surface area contributed by atoms with E-state index in [1.54, 1.807) is 0 Å². The monoisotopic (exact) mass is 311 g/mol. The van der Waals surface area contributed by atoms with Crippen LogP contribution < -0.4 is 5.73 Å². The summed E-state index contributed by atoms with van der Waals surface area (Å²) < 4.78 is 0. The summed E-state index contributed by atoms with van der Waals surface area (Å²) in [7, 11) is 0. The van der Waals surface area contributed by atoms with Crippen molar-refractivity contribution >= 4 is 16.6 Å². The van der Waals surface area contributed by atoms with Crippen LogP contribution in [0.5, 0.6) is 0 Å². The topological polar surface area (TPSA) is 51.8 Å². The van der Waals surface area contributed by atoms with Crippen molar-refractivity contribution in [3.8, 4) is 22.6 Å². The molecule has 3 nitrogen and oxygen atoms in total. The van der Waals surface area contributed by atoms with Gasteiger partial charge in [-0.05, 0) is 43.3 Å². The minimum atomic E-state index is 0.713. The van der Waals surface area contributed by atoms with E-state index in [1.807, 2.05) is 42.5 Å². The molecule has 1 heterocycles. The third-order valence-corrected chi connectivity index (χ3v) is 4.07. The van der Waals surface area contributed by atoms with Crippen molar-refractivity contribution in [3.63, 3.8) is 0 Å². The average Bonchev–Trinajstić information content (AvgIpc) is 2.62. The molecule has 0 fully saturated rings. The smallest absolute Gasteiger partial charge is 0.160 e. The largest absolute Gasteiger partial charge is 0.399 e. The van der Waals surface area contributed by atoms with Crippen LogP contribution in [0.25, 0.3) is 33.5 Å². The molecule has 0 saturated heterocycles. The second kappa shape index (κ2) is 5.78. The van der Waals surface area contributed by atoms with Crippen LogP contribution in [0.2, 0.25) is 0 Å². The Bertz CT molecular complexity index is 1010. The molecular formula is C21H17N3. The zero-order valence-electron chi connectivity index (χ0n) is 13.4. The number of rotatable bonds is 2. The van der Waals surface area contributed by atoms with Gasteiger partial charge in [0.05, 0.1) is 11.2 Å². The number of fused-ring (bicyclic) bond motifs is 1. The lowest BCUT2D eigenvalue weighted by molar-refractivity contribution is 1.23. The van der Waals surface area contributed by atoms with Crippen molar-refractivity contribution in [1.29, 1.82) is 0 Å². The highest BCUT2D eigenvalue weighted by atomic mass is 14.9. The molecule has 24 heavy (non-hydrogen) atoms. The molecule has 0 unspecified atom stereocenters. The number of benzene rings is 3. The Morgan fingerprint density at radius 1 is 0.750 bits per heavy atom. The van der Waals surface area contributed by atoms with E-state index in [0.29, 0.717) is 5.82 Å². The van der Waals surface area contributed by atoms with Gasteiger partial charge in [0.15, 0.2) is 5.82 Å². The molecule has 0 spiro atoms. The quantitative estimate of drug-likeness (QED) is 0.538. The maximum Gasteiger partial charge on any atom is 0.160 e. The average molecular weight is 311 g/mol. The zero-order valence-corrected chi connectivity index (χ0v) is 13.4. The summed E-state index contributed by atoms with van der Waals surface area (Å²) >= 11 is 0. The minimum absolute atomic E-state index is 0.713. The van der Waals surface area contributed by atoms with E-state index in [2.05, 4.69) is 37.3 Å². The van der Waals surface area contributed by atoms with Crippen LogP contribution in [0.1, 0.15) is 5.56 Å². The Morgan fingerprint density at radius 2 is 1.50 bits per heavy atom. The minimum Gasteiger partial charge on any atom is -0.399 e. The van der Waals surface area contributed by atoms with Gasteiger partial charge >= 0.3 is 0 Å². The second-order valence-electron chi connectivity index (χ2n) is 5.90. The van der Waals surface area contributed by atoms with E-state index in [4.69, 9.17) is 15.7 Å². The molecule has 4 rings (SSSR count). The highest BCUT2D eigenvalue weighted by molar-refractivity contribution is 5.94. The van der Waals surface area contributed by atoms with Gasteiger partial charge in [-0.1, -0.05) is 42.0 Å². The fraction of sp³-hybridized carbons (Fsp3) is 0.0476. The van der Waals surface area contributed by atoms with Crippen LogP contribution in [0.3, 0.4) is 0 Å². The van der Waals surface area contributed by atoms with Crippen LogP contribution in [0.4, 0.5) is 5.69 Å². The van der Waals surface area contributed by atoms with Crippen LogP contribution in [-0.4, -0.2) is 9.97 Å². The van der Waals surface area contributed by atoms with E-state index in [-0.39, 0.29) is 0 Å². The number of aryl methyl sites for hydroxylation is 1. The summed E-state index contributed by atoms with van der Waals surface area (Å²) in [4.78, 5) is 9.61. The number of nitrogen functional groups attached to an aromatic ring is 1. The normalized spacial score (nSPS) is 10.9. The van der Waals surface area contributed by atoms with E-state index in [9.17, 15) is 0 Å². The van der Waals surface area contributed by atoms with E-state index in [0.717, 1.165) is 33.4 Å². The lowest BCUT2D eigenvalue weighted by Crippen LogP contribution is -1.96. The van der Waals surface area contributed by atoms with Crippen molar-refractivity contribution in [2.75, 3.05) is 5.73 Å². The first-order valence-electron chi connectivity index (χ1n) is 7.90. The summed E-state index contributed by atoms with van der Waals surface area (Å²) in [5.74, 6) is 0.713. The first kappa shape index (κ1) is 14.4. The SMILES string of the molecule is Cc1ccc2nc(-c3ccc(N)cc3)nc(-c3ccccc3)c2c1. The Morgan fingerprint density at radius 3 is 2.25 bits per heavy atom. The van der Waals surface area contributed by atoms with Crippen molar-refractivity contribution in [2.45, 2.75) is 6.92 Å². The Balaban J connectivity index is 2.00. The number of nitrogens with two attached hydrogens (primary N) is 1. The molecule has 4 aromatic rings. The number of hydrogen-bond acceptors (Lipinski definition) is 3. The first-order chi connectivity index (χ1) is 11.7. The molecule has 3 heteroatoms. The molecule has 0 aliphatic rings. The van der Waals surface area contributed by atoms with E-state index < -0.39 is 0 Å². The van der Waals surface area contributed by atoms with Gasteiger partial charge in [-0.2, -0.15) is 0 Å². The van der Waals surface area contributed by atoms with Crippen molar-refractivity contribution in [1.82, 2.24) is 9.97 Å². The lowest BCUT2D eigenvalue weighted by Gasteiger charge is -2.10. The molecule has 1 aromatic heterocycles. The highest BCUT2D eigenvalue weighted by Crippen LogP contribution is 2.29. The zero-order chi connectivity index (χ0) is 16.5. The molecule has 3 aromatic carbocycles. The Kier molecular flexibility index (Phi) is 3.47. The number of anilines is 1. The highest BCUT2D eigenvalue weighted by Gasteiger charge is 2.11. The van der Waals surface area contributed by atoms with Crippen LogP contribution in [-0.2, 0) is 0 Å². The lowest BCUT2D eigenvalue weighted by atomic mass is 10.0. The van der Waals surface area contributed by atoms with Gasteiger partial charge in [-0.3, -0.25) is 0 Å². The fourth-order valence-corrected chi connectivity index (χ4v) is 2.82. The maximum atomic E-state index is 5.79. The summed E-state index contributed by atoms with van der Waals surface area (Å²) in [5.41, 5.74) is 11.7. The predicted molar refractivity (Wildman–Crippen MR) is 99.6 cm³/mol. The van der Waals surface area contributed by atoms with Crippen LogP contribution >= 0.6 is 0 Å². The molecule has 0 saturated carbocycles. The Labute approximate surface area is 140 Å². The van der Waals surface area contributed by atoms with Gasteiger partial charge in [0, 0.05) is 22.2 Å². The van der Waals surface area contributed by atoms with Crippen molar-refractivity contribution in [3.05, 3.63) is 78.4 Å². The van der Waals surface area contributed by atoms with Gasteiger partial charge in [0.25, 0.3) is 0 Å². The molecule has 116 valence electrons. The fourth-order valence-electron chi connectivity index (χ4n) is 2.82. The molecule has 0 atom stereocenters. The second-order valence-corrected chi connectivity index (χ2v) is 5.90. The van der Waals surface area contributed by atoms with Gasteiger partial charge in [0.2, 0.25) is 0 Å². The molecule has 0 aliphatic carbocycles. The third kappa shape index (κ3) is 2.61. The van der Waals surface area contributed by atoms with Gasteiger partial charge in [-0.25, -0.2) is 9.97 Å². The standard InChI is InChI=1S/C21H17N3/c1-14-7-12-19-18(13-14)20(15-5-3-2-4-6-15)24-21(23-19)16-8-10-17(22)11-9-16/h2-13H,22H2,1H3. The van der Waals surface area contributed by atoms with Crippen LogP contribution in [0, 0.1) is 6.92 Å². The van der Waals surface area contributed by atoms with E-state index >= 15 is 0 Å². The molecule has 2 N–H and O–H groups in total. The maximum absolute atomic E-state index is 5.79. The Hall–Kier alpha value is -3.20. The van der Waals surface area contributed by atoms with Crippen molar-refractivity contribution < 1.29 is 0 Å². The summed E-state index contributed by atoms with van der Waals surface area (Å²) in [6, 6.07) is 24.2. The van der Waals surface area contributed by atoms with Crippen LogP contribution in [0.15, 0.2) is 72.8 Å². The molecular weight excluding hydrogens is 294 g/mol. The summed E-state index contributed by atoms with van der Waals surface area (Å²) in [6.07, 6.45) is 0.